The molecular formula is C15H27N3O2S. The lowest BCUT2D eigenvalue weighted by Gasteiger charge is -2.37. The van der Waals surface area contributed by atoms with Gasteiger partial charge >= 0.3 is 0 Å². The van der Waals surface area contributed by atoms with Crippen molar-refractivity contribution in [3.63, 3.8) is 0 Å². The zero-order valence-corrected chi connectivity index (χ0v) is 13.5. The summed E-state index contributed by atoms with van der Waals surface area (Å²) in [4.78, 5) is 0. The molecule has 0 aromatic carbocycles. The van der Waals surface area contributed by atoms with E-state index in [4.69, 9.17) is 0 Å². The number of nitrogens with one attached hydrogen (secondary N) is 1. The van der Waals surface area contributed by atoms with E-state index in [1.807, 2.05) is 4.31 Å². The van der Waals surface area contributed by atoms with Gasteiger partial charge in [-0.05, 0) is 63.3 Å². The largest absolute Gasteiger partial charge is 0.314 e. The average molecular weight is 313 g/mol. The van der Waals surface area contributed by atoms with Crippen LogP contribution in [0, 0.1) is 11.8 Å². The lowest BCUT2D eigenvalue weighted by molar-refractivity contribution is 0.231. The zero-order chi connectivity index (χ0) is 14.4. The van der Waals surface area contributed by atoms with Crippen molar-refractivity contribution in [2.24, 2.45) is 11.8 Å². The summed E-state index contributed by atoms with van der Waals surface area (Å²) in [5.74, 6) is 1.12. The third-order valence-electron chi connectivity index (χ3n) is 5.74. The summed E-state index contributed by atoms with van der Waals surface area (Å²) in [6, 6.07) is 1.01. The van der Waals surface area contributed by atoms with Gasteiger partial charge in [-0.1, -0.05) is 0 Å². The summed E-state index contributed by atoms with van der Waals surface area (Å²) in [5, 5.41) is 3.56. The minimum atomic E-state index is -3.21. The van der Waals surface area contributed by atoms with E-state index in [0.717, 1.165) is 51.9 Å². The van der Waals surface area contributed by atoms with Crippen molar-refractivity contribution >= 4 is 10.2 Å². The van der Waals surface area contributed by atoms with Gasteiger partial charge in [0.05, 0.1) is 0 Å². The highest BCUT2D eigenvalue weighted by atomic mass is 32.2. The zero-order valence-electron chi connectivity index (χ0n) is 12.7. The van der Waals surface area contributed by atoms with Crippen LogP contribution < -0.4 is 5.32 Å². The number of piperidine rings is 2. The van der Waals surface area contributed by atoms with E-state index in [1.165, 1.54) is 19.3 Å². The molecular weight excluding hydrogens is 286 g/mol. The maximum absolute atomic E-state index is 12.9. The molecule has 0 aromatic heterocycles. The molecule has 0 spiro atoms. The molecule has 1 N–H and O–H groups in total. The third-order valence-corrected chi connectivity index (χ3v) is 7.76. The first-order chi connectivity index (χ1) is 10.1. The smallest absolute Gasteiger partial charge is 0.282 e. The molecule has 4 rings (SSSR count). The van der Waals surface area contributed by atoms with Crippen molar-refractivity contribution in [3.05, 3.63) is 0 Å². The maximum Gasteiger partial charge on any atom is 0.282 e. The first kappa shape index (κ1) is 14.4. The highest BCUT2D eigenvalue weighted by Gasteiger charge is 2.46. The quantitative estimate of drug-likeness (QED) is 0.829. The Kier molecular flexibility index (Phi) is 3.76. The van der Waals surface area contributed by atoms with Gasteiger partial charge in [-0.3, -0.25) is 0 Å². The summed E-state index contributed by atoms with van der Waals surface area (Å²) in [6.45, 7) is 3.20. The van der Waals surface area contributed by atoms with E-state index < -0.39 is 10.2 Å². The van der Waals surface area contributed by atoms with Crippen LogP contribution in [0.3, 0.4) is 0 Å². The molecule has 2 aliphatic carbocycles. The molecule has 0 radical (unpaired) electrons. The summed E-state index contributed by atoms with van der Waals surface area (Å²) >= 11 is 0. The van der Waals surface area contributed by atoms with Gasteiger partial charge in [0.1, 0.15) is 0 Å². The molecule has 2 saturated carbocycles. The second-order valence-electron chi connectivity index (χ2n) is 7.46. The van der Waals surface area contributed by atoms with Gasteiger partial charge in [0.15, 0.2) is 0 Å². The standard InChI is InChI=1S/C15H27N3O2S/c19-21(20,18-11-12-3-6-15(18)8-12)17-7-1-2-13(10-17)9-16-14-4-5-14/h12-16H,1-11H2. The maximum atomic E-state index is 12.9. The number of fused-ring (bicyclic) bond motifs is 2. The Hall–Kier alpha value is -0.170. The Morgan fingerprint density at radius 1 is 1.05 bits per heavy atom. The van der Waals surface area contributed by atoms with Crippen LogP contribution in [0.25, 0.3) is 0 Å². The molecule has 2 aliphatic heterocycles. The van der Waals surface area contributed by atoms with Crippen molar-refractivity contribution in [3.8, 4) is 0 Å². The van der Waals surface area contributed by atoms with E-state index >= 15 is 0 Å². The van der Waals surface area contributed by atoms with Crippen molar-refractivity contribution < 1.29 is 8.42 Å². The second-order valence-corrected chi connectivity index (χ2v) is 9.34. The van der Waals surface area contributed by atoms with Crippen LogP contribution in [0.4, 0.5) is 0 Å². The Morgan fingerprint density at radius 2 is 1.90 bits per heavy atom. The van der Waals surface area contributed by atoms with Crippen LogP contribution in [0.2, 0.25) is 0 Å². The molecule has 21 heavy (non-hydrogen) atoms. The molecule has 4 fully saturated rings. The molecule has 120 valence electrons. The molecule has 2 saturated heterocycles. The van der Waals surface area contributed by atoms with Crippen molar-refractivity contribution in [2.45, 2.75) is 57.0 Å². The van der Waals surface area contributed by atoms with E-state index in [9.17, 15) is 8.42 Å². The van der Waals surface area contributed by atoms with Crippen molar-refractivity contribution in [1.82, 2.24) is 13.9 Å². The van der Waals surface area contributed by atoms with Crippen LogP contribution >= 0.6 is 0 Å². The van der Waals surface area contributed by atoms with E-state index in [0.29, 0.717) is 23.9 Å². The lowest BCUT2D eigenvalue weighted by atomic mass is 10.00. The predicted molar refractivity (Wildman–Crippen MR) is 82.1 cm³/mol. The topological polar surface area (TPSA) is 52.7 Å². The third kappa shape index (κ3) is 2.87. The molecule has 0 amide bonds. The summed E-state index contributed by atoms with van der Waals surface area (Å²) in [5.41, 5.74) is 0. The van der Waals surface area contributed by atoms with Gasteiger partial charge in [0.2, 0.25) is 0 Å². The van der Waals surface area contributed by atoms with E-state index in [1.54, 1.807) is 4.31 Å². The molecule has 2 bridgehead atoms. The fourth-order valence-corrected chi connectivity index (χ4v) is 6.36. The molecule has 5 nitrogen and oxygen atoms in total. The van der Waals surface area contributed by atoms with Gasteiger partial charge in [0.25, 0.3) is 10.2 Å². The molecule has 3 unspecified atom stereocenters. The Balaban J connectivity index is 1.39. The SMILES string of the molecule is O=S(=O)(N1CCCC(CNC2CC2)C1)N1CC2CCC1C2. The fourth-order valence-electron chi connectivity index (χ4n) is 4.33. The molecule has 3 atom stereocenters. The highest BCUT2D eigenvalue weighted by molar-refractivity contribution is 7.86. The highest BCUT2D eigenvalue weighted by Crippen LogP contribution is 2.40. The number of hydrogen-bond acceptors (Lipinski definition) is 3. The van der Waals surface area contributed by atoms with Gasteiger partial charge < -0.3 is 5.32 Å². The van der Waals surface area contributed by atoms with Gasteiger partial charge in [-0.2, -0.15) is 17.0 Å². The summed E-state index contributed by atoms with van der Waals surface area (Å²) < 4.78 is 29.4. The van der Waals surface area contributed by atoms with Crippen LogP contribution in [0.1, 0.15) is 44.9 Å². The number of rotatable bonds is 5. The first-order valence-electron chi connectivity index (χ1n) is 8.63. The van der Waals surface area contributed by atoms with Crippen molar-refractivity contribution in [1.29, 1.82) is 0 Å². The lowest BCUT2D eigenvalue weighted by Crippen LogP contribution is -2.51. The van der Waals surface area contributed by atoms with E-state index in [2.05, 4.69) is 5.32 Å². The minimum absolute atomic E-state index is 0.296. The van der Waals surface area contributed by atoms with Crippen LogP contribution in [0.5, 0.6) is 0 Å². The van der Waals surface area contributed by atoms with Crippen LogP contribution in [0.15, 0.2) is 0 Å². The monoisotopic (exact) mass is 313 g/mol. The predicted octanol–water partition coefficient (Wildman–Crippen LogP) is 1.18. The summed E-state index contributed by atoms with van der Waals surface area (Å²) in [6.07, 6.45) is 8.17. The van der Waals surface area contributed by atoms with Crippen LogP contribution in [-0.2, 0) is 10.2 Å². The Morgan fingerprint density at radius 3 is 2.57 bits per heavy atom. The number of hydrogen-bond donors (Lipinski definition) is 1. The molecule has 4 aliphatic rings. The van der Waals surface area contributed by atoms with Crippen LogP contribution in [-0.4, -0.2) is 55.3 Å². The van der Waals surface area contributed by atoms with Crippen molar-refractivity contribution in [2.75, 3.05) is 26.2 Å². The molecule has 0 aromatic rings. The van der Waals surface area contributed by atoms with E-state index in [-0.39, 0.29) is 0 Å². The number of nitrogens with zero attached hydrogens (tertiary/aromatic N) is 2. The minimum Gasteiger partial charge on any atom is -0.314 e. The molecule has 2 heterocycles. The molecule has 6 heteroatoms. The average Bonchev–Trinajstić information content (AvgIpc) is 3.08. The first-order valence-corrected chi connectivity index (χ1v) is 10.0. The van der Waals surface area contributed by atoms with Gasteiger partial charge in [0, 0.05) is 31.7 Å². The summed E-state index contributed by atoms with van der Waals surface area (Å²) in [7, 11) is -3.21. The van der Waals surface area contributed by atoms with Gasteiger partial charge in [-0.15, -0.1) is 0 Å². The Bertz CT molecular complexity index is 491. The van der Waals surface area contributed by atoms with Gasteiger partial charge in [-0.25, -0.2) is 0 Å². The Labute approximate surface area is 128 Å². The second kappa shape index (κ2) is 5.48. The normalized spacial score (nSPS) is 38.2. The fraction of sp³-hybridized carbons (Fsp3) is 1.00.